The fourth-order valence-electron chi connectivity index (χ4n) is 11.9. The summed E-state index contributed by atoms with van der Waals surface area (Å²) < 4.78 is 39.0. The molecule has 0 radical (unpaired) electrons. The Morgan fingerprint density at radius 2 is 1.25 bits per heavy atom. The monoisotopic (exact) mass is 942 g/mol. The van der Waals surface area contributed by atoms with Gasteiger partial charge in [-0.05, 0) is 117 Å². The maximum Gasteiger partial charge on any atom is 0.364 e. The van der Waals surface area contributed by atoms with Crippen molar-refractivity contribution in [2.45, 2.75) is 71.2 Å². The number of halogens is 1. The third-order valence-electron chi connectivity index (χ3n) is 15.3. The normalized spacial score (nSPS) is 15.4. The average molecular weight is 943 g/mol. The molecule has 3 aromatic heterocycles. The summed E-state index contributed by atoms with van der Waals surface area (Å²) in [6, 6.07) is 64.5. The van der Waals surface area contributed by atoms with Crippen LogP contribution in [0.2, 0.25) is 19.6 Å². The molecule has 13 rings (SSSR count). The smallest absolute Gasteiger partial charge is 0.364 e. The van der Waals surface area contributed by atoms with Gasteiger partial charge in [-0.15, -0.1) is 9.13 Å². The fourth-order valence-corrected chi connectivity index (χ4v) is 13.6. The van der Waals surface area contributed by atoms with Gasteiger partial charge in [-0.1, -0.05) is 157 Å². The van der Waals surface area contributed by atoms with E-state index in [2.05, 4.69) is 218 Å². The van der Waals surface area contributed by atoms with E-state index in [0.29, 0.717) is 0 Å². The van der Waals surface area contributed by atoms with Crippen LogP contribution < -0.4 is 14.3 Å². The molecule has 2 aliphatic rings. The van der Waals surface area contributed by atoms with Crippen molar-refractivity contribution >= 4 is 46.2 Å². The van der Waals surface area contributed by atoms with Crippen molar-refractivity contribution in [2.75, 3.05) is 0 Å². The molecule has 0 fully saturated rings. The Kier molecular flexibility index (Phi) is 9.17. The van der Waals surface area contributed by atoms with Gasteiger partial charge in [0.05, 0.1) is 24.8 Å². The number of para-hydroxylation sites is 2. The minimum absolute atomic E-state index is 0.153. The molecule has 71 heavy (non-hydrogen) atoms. The lowest BCUT2D eigenvalue weighted by Crippen LogP contribution is -2.72. The number of pyridine rings is 1. The van der Waals surface area contributed by atoms with Crippen LogP contribution in [-0.4, -0.2) is 12.6 Å². The Morgan fingerprint density at radius 1 is 0.634 bits per heavy atom. The largest absolute Gasteiger partial charge is 0.455 e. The zero-order chi connectivity index (χ0) is 49.6. The van der Waals surface area contributed by atoms with Gasteiger partial charge in [-0.2, -0.15) is 4.57 Å². The van der Waals surface area contributed by atoms with Gasteiger partial charge in [-0.3, -0.25) is 0 Å². The van der Waals surface area contributed by atoms with E-state index in [1.165, 1.54) is 28.4 Å². The van der Waals surface area contributed by atoms with Crippen molar-refractivity contribution in [2.24, 2.45) is 0 Å². The maximum atomic E-state index is 14.2. The topological polar surface area (TPSA) is 25.8 Å². The van der Waals surface area contributed by atoms with Crippen molar-refractivity contribution in [1.82, 2.24) is 4.57 Å². The number of rotatable bonds is 6. The summed E-state index contributed by atoms with van der Waals surface area (Å²) in [7, 11) is -2.09. The molecule has 0 bridgehead atoms. The van der Waals surface area contributed by atoms with E-state index in [-0.39, 0.29) is 11.2 Å². The van der Waals surface area contributed by atoms with E-state index in [1.807, 2.05) is 26.0 Å². The average Bonchev–Trinajstić information content (AvgIpc) is 4.08. The Morgan fingerprint density at radius 3 is 1.92 bits per heavy atom. The van der Waals surface area contributed by atoms with Crippen LogP contribution in [0, 0.1) is 5.82 Å². The number of nitrogens with zero attached hydrogens (tertiary/aromatic N) is 3. The predicted molar refractivity (Wildman–Crippen MR) is 292 cm³/mol. The van der Waals surface area contributed by atoms with E-state index in [4.69, 9.17) is 4.42 Å². The lowest BCUT2D eigenvalue weighted by Gasteiger charge is -2.25. The van der Waals surface area contributed by atoms with Gasteiger partial charge in [-0.25, -0.2) is 4.39 Å². The molecule has 2 aliphatic heterocycles. The standard InChI is InChI=1S/C65H56FN3OSi/c1-40(2)50-38-57-49-23-15-16-24-53(49)65(67(57)39-59(50)71(6,7)8)54-34-33-48-47-32-29-44(41-27-30-46(66)31-28-41)35-58(47)70-62(48)60(54)63-68(55-25-17-18-26-56(55)69(63)65)61-51(42-19-11-9-12-20-42)36-45(64(3,4)5)37-52(61)43-21-13-10-14-22-43/h9-40H,1-8H3/q+2/i40D. The Balaban J connectivity index is 1.26. The lowest BCUT2D eigenvalue weighted by molar-refractivity contribution is -0.944. The molecule has 8 aromatic carbocycles. The van der Waals surface area contributed by atoms with Gasteiger partial charge in [0.2, 0.25) is 5.69 Å². The highest BCUT2D eigenvalue weighted by Gasteiger charge is 2.67. The molecule has 0 saturated heterocycles. The molecule has 11 aromatic rings. The van der Waals surface area contributed by atoms with E-state index >= 15 is 0 Å². The molecule has 0 N–H and O–H groups in total. The zero-order valence-corrected chi connectivity index (χ0v) is 42.5. The number of aromatic nitrogens is 3. The van der Waals surface area contributed by atoms with Crippen LogP contribution >= 0.6 is 0 Å². The van der Waals surface area contributed by atoms with Crippen molar-refractivity contribution in [1.29, 1.82) is 0 Å². The first kappa shape index (κ1) is 42.2. The molecule has 1 atom stereocenters. The fraction of sp³-hybridized carbons (Fsp3) is 0.169. The number of imidazole rings is 1. The first-order chi connectivity index (χ1) is 34.5. The number of furan rings is 1. The SMILES string of the molecule is [2H]C(C)(C)c1cc2[n+](cc1[Si](C)(C)C)C1(c3ccccc3-2)c2ccc3c(oc4cc(-c5ccc(F)cc5)ccc43)c2-c2n(-c3c(-c4ccccc4)cc(C(C)(C)C)cc3-c3ccccc3)c3ccccc3[n+]21. The number of hydrogen-bond donors (Lipinski definition) is 0. The summed E-state index contributed by atoms with van der Waals surface area (Å²) in [5.41, 5.74) is 18.0. The molecular formula is C65H56FN3OSi+2. The summed E-state index contributed by atoms with van der Waals surface area (Å²) >= 11 is 0. The summed E-state index contributed by atoms with van der Waals surface area (Å²) in [6.07, 6.45) is 2.44. The van der Waals surface area contributed by atoms with E-state index < -0.39 is 19.6 Å². The lowest BCUT2D eigenvalue weighted by atomic mass is 9.82. The van der Waals surface area contributed by atoms with Crippen LogP contribution in [0.25, 0.3) is 94.7 Å². The van der Waals surface area contributed by atoms with Crippen LogP contribution in [0.5, 0.6) is 0 Å². The zero-order valence-electron chi connectivity index (χ0n) is 42.5. The van der Waals surface area contributed by atoms with E-state index in [0.717, 1.165) is 106 Å². The van der Waals surface area contributed by atoms with Gasteiger partial charge in [0.1, 0.15) is 22.7 Å². The molecule has 0 amide bonds. The highest BCUT2D eigenvalue weighted by atomic mass is 28.3. The van der Waals surface area contributed by atoms with Crippen LogP contribution in [-0.2, 0) is 11.1 Å². The summed E-state index contributed by atoms with van der Waals surface area (Å²) in [5, 5.41) is 3.31. The minimum Gasteiger partial charge on any atom is -0.455 e. The molecule has 0 saturated carbocycles. The second-order valence-electron chi connectivity index (χ2n) is 21.9. The molecule has 1 unspecified atom stereocenters. The predicted octanol–water partition coefficient (Wildman–Crippen LogP) is 15.5. The second kappa shape index (κ2) is 15.4. The summed E-state index contributed by atoms with van der Waals surface area (Å²) in [6.45, 7) is 18.2. The Labute approximate surface area is 417 Å². The van der Waals surface area contributed by atoms with E-state index in [1.54, 1.807) is 0 Å². The van der Waals surface area contributed by atoms with Crippen molar-refractivity contribution in [3.05, 3.63) is 216 Å². The molecule has 1 spiro atoms. The molecule has 0 aliphatic carbocycles. The number of hydrogen-bond acceptors (Lipinski definition) is 1. The first-order valence-electron chi connectivity index (χ1n) is 25.4. The Hall–Kier alpha value is -7.67. The van der Waals surface area contributed by atoms with Gasteiger partial charge >= 0.3 is 11.5 Å². The van der Waals surface area contributed by atoms with Crippen molar-refractivity contribution in [3.8, 4) is 61.7 Å². The third kappa shape index (κ3) is 6.26. The second-order valence-corrected chi connectivity index (χ2v) is 26.9. The van der Waals surface area contributed by atoms with Crippen LogP contribution in [0.3, 0.4) is 0 Å². The summed E-state index contributed by atoms with van der Waals surface area (Å²) in [5.74, 6) is -0.0754. The van der Waals surface area contributed by atoms with Gasteiger partial charge in [0.15, 0.2) is 22.8 Å². The van der Waals surface area contributed by atoms with Crippen molar-refractivity contribution < 1.29 is 19.3 Å². The summed E-state index contributed by atoms with van der Waals surface area (Å²) in [4.78, 5) is 0. The van der Waals surface area contributed by atoms with Gasteiger partial charge in [0.25, 0.3) is 0 Å². The van der Waals surface area contributed by atoms with Crippen LogP contribution in [0.15, 0.2) is 193 Å². The number of benzene rings is 8. The maximum absolute atomic E-state index is 14.2. The van der Waals surface area contributed by atoms with Gasteiger partial charge < -0.3 is 4.42 Å². The highest BCUT2D eigenvalue weighted by Crippen LogP contribution is 2.54. The van der Waals surface area contributed by atoms with Crippen molar-refractivity contribution in [3.63, 3.8) is 0 Å². The molecule has 346 valence electrons. The highest BCUT2D eigenvalue weighted by molar-refractivity contribution is 6.89. The van der Waals surface area contributed by atoms with Crippen LogP contribution in [0.1, 0.15) is 64.1 Å². The van der Waals surface area contributed by atoms with Crippen LogP contribution in [0.4, 0.5) is 4.39 Å². The molecular weight excluding hydrogens is 886 g/mol. The molecule has 5 heterocycles. The molecule has 6 heteroatoms. The third-order valence-corrected chi connectivity index (χ3v) is 17.3. The first-order valence-corrected chi connectivity index (χ1v) is 28.4. The minimum atomic E-state index is -2.09. The molecule has 4 nitrogen and oxygen atoms in total. The Bertz CT molecular complexity index is 3980. The quantitative estimate of drug-likeness (QED) is 0.120. The van der Waals surface area contributed by atoms with Gasteiger partial charge in [0, 0.05) is 34.5 Å². The van der Waals surface area contributed by atoms with E-state index in [9.17, 15) is 5.76 Å². The number of fused-ring (bicyclic) bond motifs is 16.